The SMILES string of the molecule is CCNCc1nc(-c2ncccn2)no1. The van der Waals surface area contributed by atoms with Gasteiger partial charge in [0.05, 0.1) is 6.54 Å². The van der Waals surface area contributed by atoms with Gasteiger partial charge in [-0.3, -0.25) is 0 Å². The predicted octanol–water partition coefficient (Wildman–Crippen LogP) is 0.636. The number of nitrogens with zero attached hydrogens (tertiary/aromatic N) is 4. The smallest absolute Gasteiger partial charge is 0.241 e. The summed E-state index contributed by atoms with van der Waals surface area (Å²) in [5, 5.41) is 6.88. The Bertz CT molecular complexity index is 413. The van der Waals surface area contributed by atoms with Crippen molar-refractivity contribution in [3.63, 3.8) is 0 Å². The lowest BCUT2D eigenvalue weighted by Crippen LogP contribution is -2.11. The maximum atomic E-state index is 5.02. The van der Waals surface area contributed by atoms with Crippen LogP contribution < -0.4 is 5.32 Å². The Morgan fingerprint density at radius 2 is 2.07 bits per heavy atom. The van der Waals surface area contributed by atoms with Crippen LogP contribution in [0.3, 0.4) is 0 Å². The summed E-state index contributed by atoms with van der Waals surface area (Å²) in [6.07, 6.45) is 3.28. The van der Waals surface area contributed by atoms with Gasteiger partial charge in [-0.15, -0.1) is 0 Å². The van der Waals surface area contributed by atoms with Crippen LogP contribution in [-0.2, 0) is 6.54 Å². The molecule has 0 saturated carbocycles. The molecule has 2 rings (SSSR count). The molecule has 0 atom stereocenters. The van der Waals surface area contributed by atoms with E-state index >= 15 is 0 Å². The Balaban J connectivity index is 2.14. The van der Waals surface area contributed by atoms with Gasteiger partial charge in [0, 0.05) is 12.4 Å². The minimum Gasteiger partial charge on any atom is -0.337 e. The van der Waals surface area contributed by atoms with E-state index in [1.165, 1.54) is 0 Å². The summed E-state index contributed by atoms with van der Waals surface area (Å²) in [5.41, 5.74) is 0. The van der Waals surface area contributed by atoms with Crippen molar-refractivity contribution in [2.45, 2.75) is 13.5 Å². The first-order valence-corrected chi connectivity index (χ1v) is 4.71. The average molecular weight is 205 g/mol. The van der Waals surface area contributed by atoms with Gasteiger partial charge in [0.15, 0.2) is 0 Å². The van der Waals surface area contributed by atoms with E-state index in [1.807, 2.05) is 6.92 Å². The molecule has 6 nitrogen and oxygen atoms in total. The number of nitrogens with one attached hydrogen (secondary N) is 1. The van der Waals surface area contributed by atoms with E-state index in [-0.39, 0.29) is 0 Å². The van der Waals surface area contributed by atoms with E-state index in [1.54, 1.807) is 18.5 Å². The highest BCUT2D eigenvalue weighted by atomic mass is 16.5. The second-order valence-corrected chi connectivity index (χ2v) is 2.86. The summed E-state index contributed by atoms with van der Waals surface area (Å²) in [5.74, 6) is 1.44. The zero-order chi connectivity index (χ0) is 10.5. The zero-order valence-electron chi connectivity index (χ0n) is 8.34. The second-order valence-electron chi connectivity index (χ2n) is 2.86. The van der Waals surface area contributed by atoms with Crippen LogP contribution >= 0.6 is 0 Å². The number of aromatic nitrogens is 4. The molecule has 2 aromatic heterocycles. The first kappa shape index (κ1) is 9.72. The number of hydrogen-bond donors (Lipinski definition) is 1. The summed E-state index contributed by atoms with van der Waals surface area (Å²) in [6, 6.07) is 1.74. The molecule has 0 saturated heterocycles. The molecule has 2 heterocycles. The van der Waals surface area contributed by atoms with Crippen molar-refractivity contribution >= 4 is 0 Å². The van der Waals surface area contributed by atoms with E-state index in [2.05, 4.69) is 25.4 Å². The molecule has 0 aliphatic rings. The van der Waals surface area contributed by atoms with E-state index in [9.17, 15) is 0 Å². The summed E-state index contributed by atoms with van der Waals surface area (Å²) < 4.78 is 5.02. The van der Waals surface area contributed by atoms with Gasteiger partial charge < -0.3 is 9.84 Å². The zero-order valence-corrected chi connectivity index (χ0v) is 8.34. The minimum atomic E-state index is 0.420. The van der Waals surface area contributed by atoms with Crippen molar-refractivity contribution < 1.29 is 4.52 Å². The number of hydrogen-bond acceptors (Lipinski definition) is 6. The molecule has 0 radical (unpaired) electrons. The molecule has 6 heteroatoms. The number of rotatable bonds is 4. The molecular formula is C9H11N5O. The van der Waals surface area contributed by atoms with Crippen molar-refractivity contribution in [3.8, 4) is 11.6 Å². The standard InChI is InChI=1S/C9H11N5O/c1-2-10-6-7-13-9(14-15-7)8-11-4-3-5-12-8/h3-5,10H,2,6H2,1H3. The average Bonchev–Trinajstić information content (AvgIpc) is 2.76. The van der Waals surface area contributed by atoms with Gasteiger partial charge in [-0.05, 0) is 12.6 Å². The van der Waals surface area contributed by atoms with Crippen LogP contribution in [0.1, 0.15) is 12.8 Å². The van der Waals surface area contributed by atoms with Crippen molar-refractivity contribution in [2.75, 3.05) is 6.54 Å². The molecule has 0 fully saturated rings. The van der Waals surface area contributed by atoms with Gasteiger partial charge in [0.1, 0.15) is 0 Å². The van der Waals surface area contributed by atoms with Gasteiger partial charge in [-0.2, -0.15) is 4.98 Å². The molecular weight excluding hydrogens is 194 g/mol. The molecule has 0 aliphatic heterocycles. The first-order chi connectivity index (χ1) is 7.40. The predicted molar refractivity (Wildman–Crippen MR) is 52.7 cm³/mol. The molecule has 0 aromatic carbocycles. The van der Waals surface area contributed by atoms with Crippen molar-refractivity contribution in [1.29, 1.82) is 0 Å². The summed E-state index contributed by atoms with van der Waals surface area (Å²) in [7, 11) is 0. The Hall–Kier alpha value is -1.82. The van der Waals surface area contributed by atoms with Crippen LogP contribution in [0, 0.1) is 0 Å². The maximum Gasteiger partial charge on any atom is 0.241 e. The minimum absolute atomic E-state index is 0.420. The van der Waals surface area contributed by atoms with Crippen LogP contribution in [0.25, 0.3) is 11.6 Å². The maximum absolute atomic E-state index is 5.02. The van der Waals surface area contributed by atoms with Gasteiger partial charge in [0.2, 0.25) is 17.5 Å². The summed E-state index contributed by atoms with van der Waals surface area (Å²) in [6.45, 7) is 3.44. The largest absolute Gasteiger partial charge is 0.337 e. The fraction of sp³-hybridized carbons (Fsp3) is 0.333. The van der Waals surface area contributed by atoms with E-state index in [0.29, 0.717) is 24.1 Å². The van der Waals surface area contributed by atoms with Gasteiger partial charge in [0.25, 0.3) is 0 Å². The molecule has 2 aromatic rings. The Morgan fingerprint density at radius 3 is 2.80 bits per heavy atom. The van der Waals surface area contributed by atoms with Gasteiger partial charge in [-0.25, -0.2) is 9.97 Å². The molecule has 15 heavy (non-hydrogen) atoms. The van der Waals surface area contributed by atoms with E-state index < -0.39 is 0 Å². The molecule has 0 amide bonds. The lowest BCUT2D eigenvalue weighted by Gasteiger charge is -1.92. The second kappa shape index (κ2) is 4.61. The summed E-state index contributed by atoms with van der Waals surface area (Å²) in [4.78, 5) is 12.2. The Morgan fingerprint density at radius 1 is 1.27 bits per heavy atom. The Kier molecular flexibility index (Phi) is 2.99. The molecule has 1 N–H and O–H groups in total. The monoisotopic (exact) mass is 205 g/mol. The van der Waals surface area contributed by atoms with Gasteiger partial charge in [-0.1, -0.05) is 12.1 Å². The van der Waals surface area contributed by atoms with Crippen LogP contribution in [0.5, 0.6) is 0 Å². The molecule has 0 bridgehead atoms. The first-order valence-electron chi connectivity index (χ1n) is 4.71. The highest BCUT2D eigenvalue weighted by molar-refractivity contribution is 5.40. The fourth-order valence-electron chi connectivity index (χ4n) is 1.06. The van der Waals surface area contributed by atoms with E-state index in [0.717, 1.165) is 6.54 Å². The van der Waals surface area contributed by atoms with Crippen LogP contribution in [0.4, 0.5) is 0 Å². The van der Waals surface area contributed by atoms with Crippen LogP contribution in [0.15, 0.2) is 23.0 Å². The Labute approximate surface area is 86.8 Å². The molecule has 0 spiro atoms. The lowest BCUT2D eigenvalue weighted by molar-refractivity contribution is 0.369. The van der Waals surface area contributed by atoms with Crippen molar-refractivity contribution in [3.05, 3.63) is 24.4 Å². The highest BCUT2D eigenvalue weighted by Gasteiger charge is 2.09. The normalized spacial score (nSPS) is 10.5. The highest BCUT2D eigenvalue weighted by Crippen LogP contribution is 2.08. The third-order valence-electron chi connectivity index (χ3n) is 1.76. The molecule has 0 unspecified atom stereocenters. The third-order valence-corrected chi connectivity index (χ3v) is 1.76. The van der Waals surface area contributed by atoms with Crippen molar-refractivity contribution in [2.24, 2.45) is 0 Å². The van der Waals surface area contributed by atoms with E-state index in [4.69, 9.17) is 4.52 Å². The fourth-order valence-corrected chi connectivity index (χ4v) is 1.06. The lowest BCUT2D eigenvalue weighted by atomic mass is 10.5. The van der Waals surface area contributed by atoms with Gasteiger partial charge >= 0.3 is 0 Å². The van der Waals surface area contributed by atoms with Crippen LogP contribution in [0.2, 0.25) is 0 Å². The summed E-state index contributed by atoms with van der Waals surface area (Å²) >= 11 is 0. The van der Waals surface area contributed by atoms with Crippen molar-refractivity contribution in [1.82, 2.24) is 25.4 Å². The molecule has 78 valence electrons. The molecule has 0 aliphatic carbocycles. The topological polar surface area (TPSA) is 76.7 Å². The van der Waals surface area contributed by atoms with Crippen LogP contribution in [-0.4, -0.2) is 26.7 Å². The third kappa shape index (κ3) is 2.35. The quantitative estimate of drug-likeness (QED) is 0.789.